The quantitative estimate of drug-likeness (QED) is 0.777. The Kier molecular flexibility index (Phi) is 4.80. The summed E-state index contributed by atoms with van der Waals surface area (Å²) < 4.78 is 40.2. The third-order valence-corrected chi connectivity index (χ3v) is 4.78. The maximum Gasteiger partial charge on any atom is 0.297 e. The molecule has 112 valence electrons. The minimum Gasteiger partial charge on any atom is -0.378 e. The second kappa shape index (κ2) is 6.22. The maximum absolute atomic E-state index is 12.1. The van der Waals surface area contributed by atoms with E-state index in [4.69, 9.17) is 13.7 Å². The van der Waals surface area contributed by atoms with E-state index in [1.807, 2.05) is 6.92 Å². The molecular formula is C14H20O5S. The molecule has 1 aliphatic rings. The number of benzene rings is 1. The normalized spacial score (nSPS) is 23.7. The number of ether oxygens (including phenoxy) is 2. The number of hydrogen-bond donors (Lipinski definition) is 0. The van der Waals surface area contributed by atoms with Crippen LogP contribution in [0.25, 0.3) is 0 Å². The fourth-order valence-corrected chi connectivity index (χ4v) is 3.09. The van der Waals surface area contributed by atoms with Gasteiger partial charge in [0.25, 0.3) is 10.1 Å². The summed E-state index contributed by atoms with van der Waals surface area (Å²) in [6.07, 6.45) is 1.56. The summed E-state index contributed by atoms with van der Waals surface area (Å²) in [5.41, 5.74) is 0.328. The molecule has 0 aromatic heterocycles. The Hall–Kier alpha value is -0.950. The van der Waals surface area contributed by atoms with Gasteiger partial charge in [0.15, 0.2) is 0 Å². The van der Waals surface area contributed by atoms with Crippen molar-refractivity contribution in [3.05, 3.63) is 29.8 Å². The van der Waals surface area contributed by atoms with E-state index in [9.17, 15) is 8.42 Å². The zero-order valence-electron chi connectivity index (χ0n) is 11.8. The lowest BCUT2D eigenvalue weighted by molar-refractivity contribution is -0.127. The molecule has 0 spiro atoms. The van der Waals surface area contributed by atoms with Crippen molar-refractivity contribution < 1.29 is 22.1 Å². The van der Waals surface area contributed by atoms with E-state index in [0.29, 0.717) is 13.2 Å². The third kappa shape index (κ3) is 3.58. The summed E-state index contributed by atoms with van der Waals surface area (Å²) in [5, 5.41) is 0. The van der Waals surface area contributed by atoms with Gasteiger partial charge < -0.3 is 9.47 Å². The number of aryl methyl sites for hydroxylation is 1. The number of hydrogen-bond acceptors (Lipinski definition) is 5. The molecule has 0 N–H and O–H groups in total. The van der Waals surface area contributed by atoms with E-state index in [-0.39, 0.29) is 11.5 Å². The highest BCUT2D eigenvalue weighted by molar-refractivity contribution is 7.86. The monoisotopic (exact) mass is 300 g/mol. The van der Waals surface area contributed by atoms with Gasteiger partial charge in [-0.1, -0.05) is 17.7 Å². The van der Waals surface area contributed by atoms with Crippen LogP contribution in [-0.2, 0) is 23.8 Å². The van der Waals surface area contributed by atoms with Crippen molar-refractivity contribution in [2.45, 2.75) is 30.3 Å². The van der Waals surface area contributed by atoms with Crippen molar-refractivity contribution in [3.8, 4) is 0 Å². The average Bonchev–Trinajstić information content (AvgIpc) is 2.47. The van der Waals surface area contributed by atoms with Crippen molar-refractivity contribution in [2.24, 2.45) is 0 Å². The van der Waals surface area contributed by atoms with Gasteiger partial charge in [0.05, 0.1) is 18.1 Å². The standard InChI is InChI=1S/C14H20O5S/c1-12-4-6-13(7-5-12)20(15,16)19-11-14(17-2)8-3-9-18-10-14/h4-7H,3,8-11H2,1-2H3. The van der Waals surface area contributed by atoms with Crippen LogP contribution in [0.2, 0.25) is 0 Å². The minimum atomic E-state index is -3.76. The molecule has 1 aliphatic heterocycles. The zero-order valence-corrected chi connectivity index (χ0v) is 12.6. The Bertz CT molecular complexity index is 529. The summed E-state index contributed by atoms with van der Waals surface area (Å²) in [7, 11) is -2.21. The molecule has 5 nitrogen and oxygen atoms in total. The topological polar surface area (TPSA) is 61.8 Å². The highest BCUT2D eigenvalue weighted by Gasteiger charge is 2.35. The first-order valence-corrected chi connectivity index (χ1v) is 7.97. The molecule has 1 aromatic carbocycles. The molecule has 0 saturated carbocycles. The average molecular weight is 300 g/mol. The van der Waals surface area contributed by atoms with Crippen LogP contribution in [-0.4, -0.2) is 40.9 Å². The predicted molar refractivity (Wildman–Crippen MR) is 74.1 cm³/mol. The Balaban J connectivity index is 2.06. The molecule has 0 radical (unpaired) electrons. The molecule has 1 heterocycles. The lowest BCUT2D eigenvalue weighted by Gasteiger charge is -2.34. The van der Waals surface area contributed by atoms with Gasteiger partial charge >= 0.3 is 0 Å². The Morgan fingerprint density at radius 3 is 2.55 bits per heavy atom. The van der Waals surface area contributed by atoms with Crippen LogP contribution < -0.4 is 0 Å². The van der Waals surface area contributed by atoms with Gasteiger partial charge in [0, 0.05) is 13.7 Å². The second-order valence-corrected chi connectivity index (χ2v) is 6.69. The van der Waals surface area contributed by atoms with Crippen LogP contribution in [0.1, 0.15) is 18.4 Å². The first kappa shape index (κ1) is 15.4. The van der Waals surface area contributed by atoms with Crippen LogP contribution in [0.15, 0.2) is 29.2 Å². The SMILES string of the molecule is COC1(COS(=O)(=O)c2ccc(C)cc2)CCCOC1. The van der Waals surface area contributed by atoms with E-state index in [0.717, 1.165) is 18.4 Å². The van der Waals surface area contributed by atoms with Gasteiger partial charge in [-0.25, -0.2) is 0 Å². The Labute approximate surface area is 120 Å². The van der Waals surface area contributed by atoms with Crippen LogP contribution >= 0.6 is 0 Å². The molecule has 1 saturated heterocycles. The summed E-state index contributed by atoms with van der Waals surface area (Å²) in [4.78, 5) is 0.158. The summed E-state index contributed by atoms with van der Waals surface area (Å²) in [6.45, 7) is 2.90. The van der Waals surface area contributed by atoms with Crippen molar-refractivity contribution in [1.29, 1.82) is 0 Å². The molecule has 1 atom stereocenters. The maximum atomic E-state index is 12.1. The molecule has 20 heavy (non-hydrogen) atoms. The zero-order chi connectivity index (χ0) is 14.6. The van der Waals surface area contributed by atoms with Crippen molar-refractivity contribution >= 4 is 10.1 Å². The molecule has 0 aliphatic carbocycles. The van der Waals surface area contributed by atoms with Gasteiger partial charge in [-0.05, 0) is 31.9 Å². The smallest absolute Gasteiger partial charge is 0.297 e. The highest BCUT2D eigenvalue weighted by atomic mass is 32.2. The Morgan fingerprint density at radius 2 is 2.00 bits per heavy atom. The molecule has 1 unspecified atom stereocenters. The Morgan fingerprint density at radius 1 is 1.30 bits per heavy atom. The van der Waals surface area contributed by atoms with Crippen molar-refractivity contribution in [2.75, 3.05) is 26.9 Å². The van der Waals surface area contributed by atoms with Crippen molar-refractivity contribution in [1.82, 2.24) is 0 Å². The summed E-state index contributed by atoms with van der Waals surface area (Å²) in [5.74, 6) is 0. The van der Waals surface area contributed by atoms with Crippen molar-refractivity contribution in [3.63, 3.8) is 0 Å². The number of methoxy groups -OCH3 is 1. The fourth-order valence-electron chi connectivity index (χ4n) is 2.12. The van der Waals surface area contributed by atoms with Gasteiger partial charge in [-0.2, -0.15) is 8.42 Å². The molecule has 0 amide bonds. The summed E-state index contributed by atoms with van der Waals surface area (Å²) >= 11 is 0. The molecular weight excluding hydrogens is 280 g/mol. The lowest BCUT2D eigenvalue weighted by Crippen LogP contribution is -2.45. The first-order valence-electron chi connectivity index (χ1n) is 6.56. The van der Waals surface area contributed by atoms with Gasteiger partial charge in [0.1, 0.15) is 5.60 Å². The van der Waals surface area contributed by atoms with E-state index in [1.165, 1.54) is 0 Å². The molecule has 2 rings (SSSR count). The molecule has 0 bridgehead atoms. The van der Waals surface area contributed by atoms with Crippen LogP contribution in [0.3, 0.4) is 0 Å². The highest BCUT2D eigenvalue weighted by Crippen LogP contribution is 2.25. The second-order valence-electron chi connectivity index (χ2n) is 5.07. The third-order valence-electron chi connectivity index (χ3n) is 3.51. The molecule has 1 aromatic rings. The fraction of sp³-hybridized carbons (Fsp3) is 0.571. The summed E-state index contributed by atoms with van der Waals surface area (Å²) in [6, 6.07) is 6.57. The van der Waals surface area contributed by atoms with E-state index in [1.54, 1.807) is 31.4 Å². The number of rotatable bonds is 5. The molecule has 1 fully saturated rings. The lowest BCUT2D eigenvalue weighted by atomic mass is 9.98. The predicted octanol–water partition coefficient (Wildman–Crippen LogP) is 1.90. The van der Waals surface area contributed by atoms with E-state index in [2.05, 4.69) is 0 Å². The van der Waals surface area contributed by atoms with Gasteiger partial charge in [-0.15, -0.1) is 0 Å². The first-order chi connectivity index (χ1) is 9.47. The van der Waals surface area contributed by atoms with E-state index < -0.39 is 15.7 Å². The molecule has 6 heteroatoms. The van der Waals surface area contributed by atoms with Gasteiger partial charge in [-0.3, -0.25) is 4.18 Å². The van der Waals surface area contributed by atoms with Gasteiger partial charge in [0.2, 0.25) is 0 Å². The minimum absolute atomic E-state index is 0.0281. The van der Waals surface area contributed by atoms with Crippen LogP contribution in [0.5, 0.6) is 0 Å². The van der Waals surface area contributed by atoms with Crippen LogP contribution in [0, 0.1) is 6.92 Å². The van der Waals surface area contributed by atoms with Crippen LogP contribution in [0.4, 0.5) is 0 Å². The largest absolute Gasteiger partial charge is 0.378 e. The van der Waals surface area contributed by atoms with E-state index >= 15 is 0 Å².